The van der Waals surface area contributed by atoms with Gasteiger partial charge in [0.15, 0.2) is 5.76 Å². The van der Waals surface area contributed by atoms with Crippen LogP contribution in [0.1, 0.15) is 21.7 Å². The Morgan fingerprint density at radius 1 is 1.04 bits per heavy atom. The molecule has 6 nitrogen and oxygen atoms in total. The summed E-state index contributed by atoms with van der Waals surface area (Å²) in [5.74, 6) is 1.19. The third-order valence-electron chi connectivity index (χ3n) is 4.09. The summed E-state index contributed by atoms with van der Waals surface area (Å²) in [4.78, 5) is 23.2. The largest absolute Gasteiger partial charge is 0.456 e. The van der Waals surface area contributed by atoms with Crippen LogP contribution < -0.4 is 4.74 Å². The van der Waals surface area contributed by atoms with Gasteiger partial charge >= 0.3 is 0 Å². The number of hydrogen-bond donors (Lipinski definition) is 0. The number of rotatable bonds is 3. The van der Waals surface area contributed by atoms with E-state index in [9.17, 15) is 14.9 Å². The molecule has 26 heavy (non-hydrogen) atoms. The van der Waals surface area contributed by atoms with Crippen molar-refractivity contribution >= 4 is 17.5 Å². The molecule has 4 rings (SSSR count). The monoisotopic (exact) mass is 347 g/mol. The van der Waals surface area contributed by atoms with E-state index < -0.39 is 4.92 Å². The summed E-state index contributed by atoms with van der Waals surface area (Å²) in [6, 6.07) is 15.0. The predicted molar refractivity (Wildman–Crippen MR) is 94.9 cm³/mol. The molecule has 0 aliphatic carbocycles. The van der Waals surface area contributed by atoms with Gasteiger partial charge < -0.3 is 9.15 Å². The summed E-state index contributed by atoms with van der Waals surface area (Å²) in [6.45, 7) is 1.90. The van der Waals surface area contributed by atoms with E-state index in [-0.39, 0.29) is 17.2 Å². The first-order chi connectivity index (χ1) is 12.5. The maximum atomic E-state index is 12.4. The molecule has 0 saturated carbocycles. The SMILES string of the molecule is Cc1ccc2c(c1)C(=O)C(=Cc1ccc(-c3ccccc3[N+](=O)[O-])o1)O2. The summed E-state index contributed by atoms with van der Waals surface area (Å²) in [5.41, 5.74) is 1.82. The van der Waals surface area contributed by atoms with Crippen molar-refractivity contribution in [2.45, 2.75) is 6.92 Å². The third-order valence-corrected chi connectivity index (χ3v) is 4.09. The van der Waals surface area contributed by atoms with Gasteiger partial charge in [0, 0.05) is 12.1 Å². The van der Waals surface area contributed by atoms with Gasteiger partial charge in [-0.1, -0.05) is 23.8 Å². The smallest absolute Gasteiger partial charge is 0.280 e. The topological polar surface area (TPSA) is 82.6 Å². The van der Waals surface area contributed by atoms with Gasteiger partial charge in [-0.25, -0.2) is 0 Å². The first-order valence-corrected chi connectivity index (χ1v) is 7.91. The Bertz CT molecular complexity index is 1080. The Morgan fingerprint density at radius 2 is 1.85 bits per heavy atom. The predicted octanol–water partition coefficient (Wildman–Crippen LogP) is 4.78. The van der Waals surface area contributed by atoms with E-state index in [4.69, 9.17) is 9.15 Å². The quantitative estimate of drug-likeness (QED) is 0.387. The van der Waals surface area contributed by atoms with Crippen LogP contribution in [0.4, 0.5) is 5.69 Å². The minimum atomic E-state index is -0.460. The van der Waals surface area contributed by atoms with E-state index in [1.807, 2.05) is 13.0 Å². The number of carbonyl (C=O) groups excluding carboxylic acids is 1. The molecule has 0 bridgehead atoms. The molecule has 2 aromatic carbocycles. The fourth-order valence-corrected chi connectivity index (χ4v) is 2.85. The van der Waals surface area contributed by atoms with E-state index in [0.717, 1.165) is 5.56 Å². The fourth-order valence-electron chi connectivity index (χ4n) is 2.85. The van der Waals surface area contributed by atoms with Gasteiger partial charge in [0.1, 0.15) is 17.3 Å². The van der Waals surface area contributed by atoms with Crippen molar-refractivity contribution in [1.82, 2.24) is 0 Å². The molecule has 6 heteroatoms. The Morgan fingerprint density at radius 3 is 2.65 bits per heavy atom. The van der Waals surface area contributed by atoms with Gasteiger partial charge in [0.2, 0.25) is 5.78 Å². The number of ketones is 1. The van der Waals surface area contributed by atoms with Gasteiger partial charge in [0.25, 0.3) is 5.69 Å². The second kappa shape index (κ2) is 6.00. The van der Waals surface area contributed by atoms with Crippen LogP contribution >= 0.6 is 0 Å². The second-order valence-electron chi connectivity index (χ2n) is 5.92. The molecule has 1 aromatic heterocycles. The first-order valence-electron chi connectivity index (χ1n) is 7.91. The highest BCUT2D eigenvalue weighted by Crippen LogP contribution is 2.34. The maximum Gasteiger partial charge on any atom is 0.280 e. The molecule has 3 aromatic rings. The number of fused-ring (bicyclic) bond motifs is 1. The molecule has 0 unspecified atom stereocenters. The second-order valence-corrected chi connectivity index (χ2v) is 5.92. The Labute approximate surface area is 148 Å². The van der Waals surface area contributed by atoms with Crippen molar-refractivity contribution < 1.29 is 18.9 Å². The van der Waals surface area contributed by atoms with Crippen LogP contribution in [0, 0.1) is 17.0 Å². The number of allylic oxidation sites excluding steroid dienone is 1. The van der Waals surface area contributed by atoms with Gasteiger partial charge in [-0.05, 0) is 37.3 Å². The van der Waals surface area contributed by atoms with Crippen LogP contribution in [-0.2, 0) is 0 Å². The van der Waals surface area contributed by atoms with Gasteiger partial charge in [-0.3, -0.25) is 14.9 Å². The number of nitro groups is 1. The van der Waals surface area contributed by atoms with Crippen LogP contribution in [-0.4, -0.2) is 10.7 Å². The highest BCUT2D eigenvalue weighted by Gasteiger charge is 2.27. The number of hydrogen-bond acceptors (Lipinski definition) is 5. The van der Waals surface area contributed by atoms with Crippen molar-refractivity contribution in [3.05, 3.63) is 87.4 Å². The lowest BCUT2D eigenvalue weighted by molar-refractivity contribution is -0.384. The minimum Gasteiger partial charge on any atom is -0.456 e. The Hall–Kier alpha value is -3.67. The molecule has 1 aliphatic heterocycles. The van der Waals surface area contributed by atoms with E-state index in [2.05, 4.69) is 0 Å². The Balaban J connectivity index is 1.67. The summed E-state index contributed by atoms with van der Waals surface area (Å²) in [7, 11) is 0. The first kappa shape index (κ1) is 15.8. The number of nitrogens with zero attached hydrogens (tertiary/aromatic N) is 1. The number of carbonyl (C=O) groups is 1. The lowest BCUT2D eigenvalue weighted by Crippen LogP contribution is -1.97. The molecule has 0 fully saturated rings. The van der Waals surface area contributed by atoms with Crippen LogP contribution in [0.2, 0.25) is 0 Å². The maximum absolute atomic E-state index is 12.4. The number of benzene rings is 2. The lowest BCUT2D eigenvalue weighted by Gasteiger charge is -1.99. The summed E-state index contributed by atoms with van der Waals surface area (Å²) in [6.07, 6.45) is 1.50. The minimum absolute atomic E-state index is 0.0443. The van der Waals surface area contributed by atoms with Crippen molar-refractivity contribution in [2.75, 3.05) is 0 Å². The average Bonchev–Trinajstić information content (AvgIpc) is 3.21. The van der Waals surface area contributed by atoms with Crippen LogP contribution in [0.15, 0.2) is 64.8 Å². The van der Waals surface area contributed by atoms with E-state index in [1.165, 1.54) is 12.1 Å². The molecule has 128 valence electrons. The summed E-state index contributed by atoms with van der Waals surface area (Å²) in [5, 5.41) is 11.2. The third kappa shape index (κ3) is 2.67. The standard InChI is InChI=1S/C20H13NO5/c1-12-6-8-18-15(10-12)20(22)19(26-18)11-13-7-9-17(25-13)14-4-2-3-5-16(14)21(23)24/h2-11H,1H3. The molecule has 0 N–H and O–H groups in total. The van der Waals surface area contributed by atoms with Gasteiger partial charge in [0.05, 0.1) is 16.1 Å². The van der Waals surface area contributed by atoms with Crippen LogP contribution in [0.3, 0.4) is 0 Å². The zero-order valence-corrected chi connectivity index (χ0v) is 13.8. The number of Topliss-reactive ketones (excluding diaryl/α,β-unsaturated/α-hetero) is 1. The van der Waals surface area contributed by atoms with Gasteiger partial charge in [-0.2, -0.15) is 0 Å². The molecule has 2 heterocycles. The van der Waals surface area contributed by atoms with Gasteiger partial charge in [-0.15, -0.1) is 0 Å². The lowest BCUT2D eigenvalue weighted by atomic mass is 10.1. The van der Waals surface area contributed by atoms with Crippen LogP contribution in [0.5, 0.6) is 5.75 Å². The highest BCUT2D eigenvalue weighted by molar-refractivity contribution is 6.14. The average molecular weight is 347 g/mol. The van der Waals surface area contributed by atoms with E-state index in [0.29, 0.717) is 28.4 Å². The summed E-state index contributed by atoms with van der Waals surface area (Å²) >= 11 is 0. The molecule has 0 saturated heterocycles. The molecule has 0 spiro atoms. The molecule has 0 radical (unpaired) electrons. The van der Waals surface area contributed by atoms with Crippen molar-refractivity contribution in [3.8, 4) is 17.1 Å². The Kier molecular flexibility index (Phi) is 3.65. The van der Waals surface area contributed by atoms with E-state index >= 15 is 0 Å². The number of aryl methyl sites for hydroxylation is 1. The molecular weight excluding hydrogens is 334 g/mol. The number of para-hydroxylation sites is 1. The van der Waals surface area contributed by atoms with E-state index in [1.54, 1.807) is 42.5 Å². The number of nitro benzene ring substituents is 1. The zero-order chi connectivity index (χ0) is 18.3. The van der Waals surface area contributed by atoms with Crippen molar-refractivity contribution in [1.29, 1.82) is 0 Å². The highest BCUT2D eigenvalue weighted by atomic mass is 16.6. The van der Waals surface area contributed by atoms with Crippen molar-refractivity contribution in [2.24, 2.45) is 0 Å². The normalized spacial score (nSPS) is 14.3. The molecular formula is C20H13NO5. The number of furan rings is 1. The fraction of sp³-hybridized carbons (Fsp3) is 0.0500. The molecule has 0 atom stereocenters. The zero-order valence-electron chi connectivity index (χ0n) is 13.8. The summed E-state index contributed by atoms with van der Waals surface area (Å²) < 4.78 is 11.3. The molecule has 1 aliphatic rings. The molecule has 0 amide bonds. The van der Waals surface area contributed by atoms with Crippen LogP contribution in [0.25, 0.3) is 17.4 Å². The number of ether oxygens (including phenoxy) is 1. The van der Waals surface area contributed by atoms with Crippen molar-refractivity contribution in [3.63, 3.8) is 0 Å².